The first-order chi connectivity index (χ1) is 4.88. The fourth-order valence-electron chi connectivity index (χ4n) is 0.753. The van der Waals surface area contributed by atoms with E-state index < -0.39 is 0 Å². The molecule has 50 valence electrons. The molecule has 0 bridgehead atoms. The number of halogens is 1. The van der Waals surface area contributed by atoms with Gasteiger partial charge in [0, 0.05) is 0 Å². The van der Waals surface area contributed by atoms with Gasteiger partial charge in [-0.1, -0.05) is 11.6 Å². The standard InChI is InChI=1S/C6H3ClN2O/c7-4-2-10-5-1-8-3-9-6(4)5/h1-3H. The summed E-state index contributed by atoms with van der Waals surface area (Å²) >= 11 is 5.69. The first-order valence-electron chi connectivity index (χ1n) is 2.70. The van der Waals surface area contributed by atoms with Gasteiger partial charge in [-0.05, 0) is 0 Å². The van der Waals surface area contributed by atoms with Gasteiger partial charge in [0.1, 0.15) is 23.1 Å². The number of aromatic nitrogens is 2. The minimum absolute atomic E-state index is 0.525. The average Bonchev–Trinajstić information content (AvgIpc) is 2.34. The molecule has 0 atom stereocenters. The summed E-state index contributed by atoms with van der Waals surface area (Å²) in [6.07, 6.45) is 4.46. The number of fused-ring (bicyclic) bond motifs is 1. The molecule has 4 heteroatoms. The molecular formula is C6H3ClN2O. The first kappa shape index (κ1) is 5.68. The van der Waals surface area contributed by atoms with E-state index in [1.807, 2.05) is 0 Å². The van der Waals surface area contributed by atoms with Crippen LogP contribution in [-0.4, -0.2) is 9.97 Å². The number of rotatable bonds is 0. The Hall–Kier alpha value is -1.09. The molecule has 0 aromatic carbocycles. The fourth-order valence-corrected chi connectivity index (χ4v) is 0.940. The van der Waals surface area contributed by atoms with Crippen LogP contribution in [0.4, 0.5) is 0 Å². The number of hydrogen-bond acceptors (Lipinski definition) is 3. The van der Waals surface area contributed by atoms with Gasteiger partial charge in [0.15, 0.2) is 5.58 Å². The maximum Gasteiger partial charge on any atom is 0.172 e. The van der Waals surface area contributed by atoms with E-state index in [0.29, 0.717) is 16.1 Å². The predicted molar refractivity (Wildman–Crippen MR) is 36.8 cm³/mol. The Morgan fingerprint density at radius 2 is 2.40 bits per heavy atom. The Morgan fingerprint density at radius 3 is 3.20 bits per heavy atom. The Kier molecular flexibility index (Phi) is 1.11. The van der Waals surface area contributed by atoms with E-state index in [0.717, 1.165) is 0 Å². The molecule has 3 nitrogen and oxygen atoms in total. The molecule has 2 rings (SSSR count). The minimum atomic E-state index is 0.525. The van der Waals surface area contributed by atoms with Crippen LogP contribution in [0.1, 0.15) is 0 Å². The second kappa shape index (κ2) is 1.95. The topological polar surface area (TPSA) is 38.9 Å². The molecule has 0 amide bonds. The van der Waals surface area contributed by atoms with Gasteiger partial charge in [-0.3, -0.25) is 0 Å². The third-order valence-electron chi connectivity index (χ3n) is 1.19. The lowest BCUT2D eigenvalue weighted by molar-refractivity contribution is 0.613. The van der Waals surface area contributed by atoms with Crippen LogP contribution in [0.3, 0.4) is 0 Å². The lowest BCUT2D eigenvalue weighted by Gasteiger charge is -1.82. The summed E-state index contributed by atoms with van der Waals surface area (Å²) in [4.78, 5) is 7.67. The molecule has 0 N–H and O–H groups in total. The van der Waals surface area contributed by atoms with Crippen molar-refractivity contribution >= 4 is 22.7 Å². The van der Waals surface area contributed by atoms with Gasteiger partial charge in [0.05, 0.1) is 6.20 Å². The lowest BCUT2D eigenvalue weighted by Crippen LogP contribution is -1.74. The van der Waals surface area contributed by atoms with Crippen LogP contribution in [0, 0.1) is 0 Å². The van der Waals surface area contributed by atoms with E-state index in [4.69, 9.17) is 16.0 Å². The van der Waals surface area contributed by atoms with Crippen molar-refractivity contribution in [1.82, 2.24) is 9.97 Å². The van der Waals surface area contributed by atoms with Crippen molar-refractivity contribution in [2.75, 3.05) is 0 Å². The van der Waals surface area contributed by atoms with Crippen LogP contribution in [0.5, 0.6) is 0 Å². The Morgan fingerprint density at radius 1 is 1.50 bits per heavy atom. The summed E-state index contributed by atoms with van der Waals surface area (Å²) in [5, 5.41) is 0.525. The Labute approximate surface area is 61.6 Å². The molecule has 0 aliphatic carbocycles. The van der Waals surface area contributed by atoms with E-state index in [1.165, 1.54) is 12.6 Å². The van der Waals surface area contributed by atoms with Crippen LogP contribution in [0.15, 0.2) is 23.2 Å². The molecule has 0 saturated carbocycles. The second-order valence-electron chi connectivity index (χ2n) is 1.82. The number of furan rings is 1. The molecule has 0 fully saturated rings. The molecule has 0 radical (unpaired) electrons. The molecule has 2 aromatic heterocycles. The van der Waals surface area contributed by atoms with Crippen LogP contribution in [-0.2, 0) is 0 Å². The molecule has 0 spiro atoms. The summed E-state index contributed by atoms with van der Waals surface area (Å²) in [7, 11) is 0. The largest absolute Gasteiger partial charge is 0.459 e. The summed E-state index contributed by atoms with van der Waals surface area (Å²) in [6.45, 7) is 0. The summed E-state index contributed by atoms with van der Waals surface area (Å²) < 4.78 is 4.99. The molecule has 0 aliphatic rings. The predicted octanol–water partition coefficient (Wildman–Crippen LogP) is 1.88. The van der Waals surface area contributed by atoms with Crippen LogP contribution in [0.25, 0.3) is 11.1 Å². The molecule has 0 aliphatic heterocycles. The minimum Gasteiger partial charge on any atom is -0.459 e. The smallest absolute Gasteiger partial charge is 0.172 e. The average molecular weight is 155 g/mol. The fraction of sp³-hybridized carbons (Fsp3) is 0. The molecule has 0 saturated heterocycles. The monoisotopic (exact) mass is 154 g/mol. The van der Waals surface area contributed by atoms with Crippen molar-refractivity contribution in [1.29, 1.82) is 0 Å². The molecule has 10 heavy (non-hydrogen) atoms. The van der Waals surface area contributed by atoms with Crippen LogP contribution in [0.2, 0.25) is 5.02 Å². The van der Waals surface area contributed by atoms with Crippen LogP contribution < -0.4 is 0 Å². The van der Waals surface area contributed by atoms with Gasteiger partial charge in [0.2, 0.25) is 0 Å². The third kappa shape index (κ3) is 0.675. The van der Waals surface area contributed by atoms with Crippen molar-refractivity contribution in [3.63, 3.8) is 0 Å². The van der Waals surface area contributed by atoms with Crippen molar-refractivity contribution in [2.24, 2.45) is 0 Å². The highest BCUT2D eigenvalue weighted by molar-refractivity contribution is 6.34. The zero-order chi connectivity index (χ0) is 6.97. The maximum absolute atomic E-state index is 5.69. The van der Waals surface area contributed by atoms with Crippen molar-refractivity contribution in [3.8, 4) is 0 Å². The number of nitrogens with zero attached hydrogens (tertiary/aromatic N) is 2. The van der Waals surface area contributed by atoms with E-state index in [-0.39, 0.29) is 0 Å². The Bertz CT molecular complexity index is 357. The van der Waals surface area contributed by atoms with Crippen LogP contribution >= 0.6 is 11.6 Å². The SMILES string of the molecule is Clc1coc2cncnc12. The summed E-state index contributed by atoms with van der Waals surface area (Å²) in [6, 6.07) is 0. The summed E-state index contributed by atoms with van der Waals surface area (Å²) in [5.41, 5.74) is 1.28. The summed E-state index contributed by atoms with van der Waals surface area (Å²) in [5.74, 6) is 0. The molecular weight excluding hydrogens is 152 g/mol. The maximum atomic E-state index is 5.69. The quantitative estimate of drug-likeness (QED) is 0.582. The van der Waals surface area contributed by atoms with E-state index >= 15 is 0 Å². The zero-order valence-electron chi connectivity index (χ0n) is 4.91. The van der Waals surface area contributed by atoms with Gasteiger partial charge in [-0.15, -0.1) is 0 Å². The molecule has 2 heterocycles. The Balaban J connectivity index is 2.93. The number of hydrogen-bond donors (Lipinski definition) is 0. The van der Waals surface area contributed by atoms with Gasteiger partial charge < -0.3 is 4.42 Å². The molecule has 2 aromatic rings. The second-order valence-corrected chi connectivity index (χ2v) is 2.23. The first-order valence-corrected chi connectivity index (χ1v) is 3.08. The van der Waals surface area contributed by atoms with E-state index in [1.54, 1.807) is 6.20 Å². The highest BCUT2D eigenvalue weighted by Gasteiger charge is 2.01. The van der Waals surface area contributed by atoms with Gasteiger partial charge in [-0.2, -0.15) is 0 Å². The van der Waals surface area contributed by atoms with Gasteiger partial charge in [-0.25, -0.2) is 9.97 Å². The van der Waals surface area contributed by atoms with Gasteiger partial charge >= 0.3 is 0 Å². The van der Waals surface area contributed by atoms with E-state index in [2.05, 4.69) is 9.97 Å². The van der Waals surface area contributed by atoms with E-state index in [9.17, 15) is 0 Å². The van der Waals surface area contributed by atoms with Crippen molar-refractivity contribution in [3.05, 3.63) is 23.8 Å². The van der Waals surface area contributed by atoms with Crippen molar-refractivity contribution in [2.45, 2.75) is 0 Å². The highest BCUT2D eigenvalue weighted by Crippen LogP contribution is 2.21. The lowest BCUT2D eigenvalue weighted by atomic mass is 10.5. The third-order valence-corrected chi connectivity index (χ3v) is 1.46. The van der Waals surface area contributed by atoms with Gasteiger partial charge in [0.25, 0.3) is 0 Å². The molecule has 0 unspecified atom stereocenters. The zero-order valence-corrected chi connectivity index (χ0v) is 5.67. The highest BCUT2D eigenvalue weighted by atomic mass is 35.5. The normalized spacial score (nSPS) is 10.5. The van der Waals surface area contributed by atoms with Crippen molar-refractivity contribution < 1.29 is 4.42 Å².